The van der Waals surface area contributed by atoms with E-state index in [1.807, 2.05) is 4.90 Å². The van der Waals surface area contributed by atoms with E-state index in [2.05, 4.69) is 6.07 Å². The molecule has 2 saturated carbocycles. The Morgan fingerprint density at radius 2 is 2.06 bits per heavy atom. The van der Waals surface area contributed by atoms with E-state index in [0.717, 1.165) is 38.1 Å². The summed E-state index contributed by atoms with van der Waals surface area (Å²) in [6.07, 6.45) is 7.98. The molecule has 1 heterocycles. The lowest BCUT2D eigenvalue weighted by atomic mass is 9.86. The van der Waals surface area contributed by atoms with Crippen LogP contribution in [0.25, 0.3) is 0 Å². The molecule has 3 heteroatoms. The number of piperidine rings is 1. The second-order valence-electron chi connectivity index (χ2n) is 5.95. The van der Waals surface area contributed by atoms with Gasteiger partial charge in [0, 0.05) is 12.5 Å². The van der Waals surface area contributed by atoms with E-state index in [0.29, 0.717) is 11.8 Å². The first-order valence-corrected chi connectivity index (χ1v) is 6.99. The molecule has 3 nitrogen and oxygen atoms in total. The molecule has 3 aliphatic rings. The zero-order valence-corrected chi connectivity index (χ0v) is 10.3. The van der Waals surface area contributed by atoms with Crippen LogP contribution in [-0.2, 0) is 4.79 Å². The molecular formula is C14H20N2O. The Bertz CT molecular complexity index is 360. The van der Waals surface area contributed by atoms with Crippen molar-refractivity contribution in [3.8, 4) is 6.07 Å². The topological polar surface area (TPSA) is 44.1 Å². The smallest absolute Gasteiger partial charge is 0.227 e. The fraction of sp³-hybridized carbons (Fsp3) is 0.857. The summed E-state index contributed by atoms with van der Waals surface area (Å²) in [7, 11) is 0. The lowest BCUT2D eigenvalue weighted by molar-refractivity contribution is -0.139. The molecule has 0 aromatic carbocycles. The number of likely N-dealkylation sites (tertiary alicyclic amines) is 1. The van der Waals surface area contributed by atoms with E-state index in [-0.39, 0.29) is 12.0 Å². The normalized spacial score (nSPS) is 40.3. The maximum atomic E-state index is 12.5. The van der Waals surface area contributed by atoms with Gasteiger partial charge >= 0.3 is 0 Å². The number of nitrogens with zero attached hydrogens (tertiary/aromatic N) is 2. The highest BCUT2D eigenvalue weighted by Crippen LogP contribution is 2.49. The third-order valence-electron chi connectivity index (χ3n) is 4.99. The van der Waals surface area contributed by atoms with Gasteiger partial charge in [0.25, 0.3) is 0 Å². The molecule has 1 saturated heterocycles. The number of hydrogen-bond donors (Lipinski definition) is 0. The number of rotatable bonds is 1. The number of fused-ring (bicyclic) bond motifs is 2. The first kappa shape index (κ1) is 11.1. The summed E-state index contributed by atoms with van der Waals surface area (Å²) >= 11 is 0. The Morgan fingerprint density at radius 1 is 1.18 bits per heavy atom. The maximum Gasteiger partial charge on any atom is 0.227 e. The van der Waals surface area contributed by atoms with Crippen LogP contribution in [0.15, 0.2) is 0 Å². The number of carbonyl (C=O) groups excluding carboxylic acids is 1. The molecule has 3 rings (SSSR count). The van der Waals surface area contributed by atoms with Crippen molar-refractivity contribution < 1.29 is 4.79 Å². The van der Waals surface area contributed by atoms with Gasteiger partial charge in [-0.05, 0) is 50.4 Å². The van der Waals surface area contributed by atoms with Crippen LogP contribution < -0.4 is 0 Å². The van der Waals surface area contributed by atoms with Gasteiger partial charge in [0.05, 0.1) is 6.07 Å². The van der Waals surface area contributed by atoms with Crippen molar-refractivity contribution in [2.24, 2.45) is 17.8 Å². The highest BCUT2D eigenvalue weighted by Gasteiger charge is 2.45. The zero-order chi connectivity index (χ0) is 11.8. The molecular weight excluding hydrogens is 212 g/mol. The van der Waals surface area contributed by atoms with Crippen molar-refractivity contribution in [3.63, 3.8) is 0 Å². The third-order valence-corrected chi connectivity index (χ3v) is 4.99. The fourth-order valence-corrected chi connectivity index (χ4v) is 4.09. The minimum atomic E-state index is -0.143. The van der Waals surface area contributed by atoms with Crippen LogP contribution >= 0.6 is 0 Å². The van der Waals surface area contributed by atoms with Crippen LogP contribution in [0.5, 0.6) is 0 Å². The molecule has 0 N–H and O–H groups in total. The van der Waals surface area contributed by atoms with Gasteiger partial charge in [0.15, 0.2) is 0 Å². The number of hydrogen-bond acceptors (Lipinski definition) is 2. The van der Waals surface area contributed by atoms with E-state index in [1.54, 1.807) is 0 Å². The molecule has 1 aliphatic heterocycles. The Labute approximate surface area is 103 Å². The van der Waals surface area contributed by atoms with E-state index < -0.39 is 0 Å². The molecule has 2 aliphatic carbocycles. The third kappa shape index (κ3) is 1.84. The van der Waals surface area contributed by atoms with Crippen molar-refractivity contribution in [1.82, 2.24) is 4.90 Å². The predicted octanol–water partition coefficient (Wildman–Crippen LogP) is 2.33. The van der Waals surface area contributed by atoms with Gasteiger partial charge in [0.1, 0.15) is 6.04 Å². The maximum absolute atomic E-state index is 12.5. The second-order valence-corrected chi connectivity index (χ2v) is 5.95. The molecule has 92 valence electrons. The Morgan fingerprint density at radius 3 is 2.71 bits per heavy atom. The van der Waals surface area contributed by atoms with Gasteiger partial charge in [-0.3, -0.25) is 4.79 Å². The molecule has 1 amide bonds. The average Bonchev–Trinajstić information content (AvgIpc) is 3.00. The van der Waals surface area contributed by atoms with Crippen molar-refractivity contribution in [1.29, 1.82) is 5.26 Å². The largest absolute Gasteiger partial charge is 0.326 e. The van der Waals surface area contributed by atoms with Gasteiger partial charge in [0.2, 0.25) is 5.91 Å². The predicted molar refractivity (Wildman–Crippen MR) is 63.9 cm³/mol. The molecule has 4 atom stereocenters. The van der Waals surface area contributed by atoms with E-state index in [4.69, 9.17) is 5.26 Å². The molecule has 4 unspecified atom stereocenters. The van der Waals surface area contributed by atoms with Crippen LogP contribution in [0, 0.1) is 29.1 Å². The van der Waals surface area contributed by atoms with Crippen LogP contribution in [-0.4, -0.2) is 23.4 Å². The first-order chi connectivity index (χ1) is 8.29. The van der Waals surface area contributed by atoms with Crippen LogP contribution in [0.2, 0.25) is 0 Å². The second kappa shape index (κ2) is 4.33. The van der Waals surface area contributed by atoms with Crippen molar-refractivity contribution in [3.05, 3.63) is 0 Å². The van der Waals surface area contributed by atoms with E-state index >= 15 is 0 Å². The minimum absolute atomic E-state index is 0.143. The summed E-state index contributed by atoms with van der Waals surface area (Å²) in [4.78, 5) is 14.4. The average molecular weight is 232 g/mol. The SMILES string of the molecule is N#CC1CCCCN1C(=O)C1CC2CCC1C2. The summed E-state index contributed by atoms with van der Waals surface area (Å²) in [6.45, 7) is 0.810. The quantitative estimate of drug-likeness (QED) is 0.696. The Balaban J connectivity index is 1.71. The lowest BCUT2D eigenvalue weighted by Gasteiger charge is -2.35. The van der Waals surface area contributed by atoms with Gasteiger partial charge in [-0.15, -0.1) is 0 Å². The summed E-state index contributed by atoms with van der Waals surface area (Å²) in [5.41, 5.74) is 0. The zero-order valence-electron chi connectivity index (χ0n) is 10.3. The van der Waals surface area contributed by atoms with Crippen molar-refractivity contribution in [2.45, 2.75) is 51.0 Å². The van der Waals surface area contributed by atoms with Gasteiger partial charge in [-0.2, -0.15) is 5.26 Å². The Kier molecular flexibility index (Phi) is 2.82. The first-order valence-electron chi connectivity index (χ1n) is 6.99. The van der Waals surface area contributed by atoms with Crippen molar-refractivity contribution >= 4 is 5.91 Å². The monoisotopic (exact) mass is 232 g/mol. The molecule has 0 spiro atoms. The molecule has 0 aromatic rings. The lowest BCUT2D eigenvalue weighted by Crippen LogP contribution is -2.46. The fourth-order valence-electron chi connectivity index (χ4n) is 4.09. The molecule has 17 heavy (non-hydrogen) atoms. The van der Waals surface area contributed by atoms with Crippen LogP contribution in [0.1, 0.15) is 44.9 Å². The molecule has 0 aromatic heterocycles. The standard InChI is InChI=1S/C14H20N2O/c15-9-12-3-1-2-6-16(12)14(17)13-8-10-4-5-11(13)7-10/h10-13H,1-8H2. The van der Waals surface area contributed by atoms with Crippen molar-refractivity contribution in [2.75, 3.05) is 6.54 Å². The summed E-state index contributed by atoms with van der Waals surface area (Å²) < 4.78 is 0. The van der Waals surface area contributed by atoms with Gasteiger partial charge < -0.3 is 4.90 Å². The number of carbonyl (C=O) groups is 1. The van der Waals surface area contributed by atoms with Gasteiger partial charge in [-0.1, -0.05) is 6.42 Å². The highest BCUT2D eigenvalue weighted by atomic mass is 16.2. The molecule has 2 bridgehead atoms. The highest BCUT2D eigenvalue weighted by molar-refractivity contribution is 5.80. The van der Waals surface area contributed by atoms with E-state index in [1.165, 1.54) is 19.3 Å². The Hall–Kier alpha value is -1.04. The van der Waals surface area contributed by atoms with Crippen LogP contribution in [0.4, 0.5) is 0 Å². The number of nitriles is 1. The van der Waals surface area contributed by atoms with Gasteiger partial charge in [-0.25, -0.2) is 0 Å². The van der Waals surface area contributed by atoms with Crippen LogP contribution in [0.3, 0.4) is 0 Å². The summed E-state index contributed by atoms with van der Waals surface area (Å²) in [5.74, 6) is 1.99. The minimum Gasteiger partial charge on any atom is -0.326 e. The molecule has 0 radical (unpaired) electrons. The summed E-state index contributed by atoms with van der Waals surface area (Å²) in [5, 5.41) is 9.14. The number of amides is 1. The molecule has 3 fully saturated rings. The van der Waals surface area contributed by atoms with E-state index in [9.17, 15) is 4.79 Å². The summed E-state index contributed by atoms with van der Waals surface area (Å²) in [6, 6.07) is 2.16.